The molecule has 0 amide bonds. The van der Waals surface area contributed by atoms with Gasteiger partial charge in [-0.15, -0.1) is 0 Å². The molecule has 0 aliphatic carbocycles. The van der Waals surface area contributed by atoms with E-state index in [-0.39, 0.29) is 11.6 Å². The number of rotatable bonds is 4. The lowest BCUT2D eigenvalue weighted by molar-refractivity contribution is 0.386. The van der Waals surface area contributed by atoms with Crippen molar-refractivity contribution in [1.82, 2.24) is 5.32 Å². The van der Waals surface area contributed by atoms with Crippen molar-refractivity contribution in [3.63, 3.8) is 0 Å². The minimum Gasteiger partial charge on any atom is -0.494 e. The third-order valence-electron chi connectivity index (χ3n) is 3.15. The quantitative estimate of drug-likeness (QED) is 0.844. The first kappa shape index (κ1) is 12.2. The van der Waals surface area contributed by atoms with Gasteiger partial charge in [0, 0.05) is 18.3 Å². The molecule has 1 aromatic rings. The first-order valence-corrected chi connectivity index (χ1v) is 6.07. The Morgan fingerprint density at radius 3 is 3.06 bits per heavy atom. The molecule has 1 heterocycles. The molecule has 1 saturated heterocycles. The molecule has 2 N–H and O–H groups in total. The van der Waals surface area contributed by atoms with Crippen LogP contribution in [0.4, 0.5) is 10.1 Å². The van der Waals surface area contributed by atoms with E-state index in [4.69, 9.17) is 4.74 Å². The molecule has 0 spiro atoms. The van der Waals surface area contributed by atoms with Crippen LogP contribution in [-0.4, -0.2) is 26.7 Å². The minimum absolute atomic E-state index is 0.287. The van der Waals surface area contributed by atoms with Gasteiger partial charge in [-0.3, -0.25) is 0 Å². The summed E-state index contributed by atoms with van der Waals surface area (Å²) in [5.74, 6) is 0.600. The first-order valence-electron chi connectivity index (χ1n) is 6.07. The van der Waals surface area contributed by atoms with Gasteiger partial charge in [-0.25, -0.2) is 4.39 Å². The van der Waals surface area contributed by atoms with Gasteiger partial charge in [0.15, 0.2) is 11.6 Å². The largest absolute Gasteiger partial charge is 0.494 e. The summed E-state index contributed by atoms with van der Waals surface area (Å²) >= 11 is 0. The molecule has 1 aromatic carbocycles. The van der Waals surface area contributed by atoms with Crippen LogP contribution in [0.3, 0.4) is 0 Å². The molecule has 94 valence electrons. The lowest BCUT2D eigenvalue weighted by Gasteiger charge is -2.23. The molecule has 2 rings (SSSR count). The van der Waals surface area contributed by atoms with E-state index in [1.54, 1.807) is 6.07 Å². The summed E-state index contributed by atoms with van der Waals surface area (Å²) in [7, 11) is 1.47. The minimum atomic E-state index is -0.320. The Kier molecular flexibility index (Phi) is 4.20. The number of anilines is 1. The summed E-state index contributed by atoms with van der Waals surface area (Å²) in [5, 5.41) is 6.64. The van der Waals surface area contributed by atoms with E-state index in [0.29, 0.717) is 5.92 Å². The van der Waals surface area contributed by atoms with Crippen LogP contribution in [-0.2, 0) is 0 Å². The van der Waals surface area contributed by atoms with E-state index >= 15 is 0 Å². The van der Waals surface area contributed by atoms with Gasteiger partial charge >= 0.3 is 0 Å². The van der Waals surface area contributed by atoms with Crippen LogP contribution < -0.4 is 15.4 Å². The highest BCUT2D eigenvalue weighted by molar-refractivity contribution is 5.47. The van der Waals surface area contributed by atoms with Crippen LogP contribution in [0, 0.1) is 11.7 Å². The average Bonchev–Trinajstić information content (AvgIpc) is 2.38. The molecule has 1 fully saturated rings. The molecular weight excluding hydrogens is 219 g/mol. The first-order chi connectivity index (χ1) is 8.29. The number of benzene rings is 1. The molecule has 1 aliphatic rings. The summed E-state index contributed by atoms with van der Waals surface area (Å²) in [6.07, 6.45) is 2.46. The molecule has 0 saturated carbocycles. The highest BCUT2D eigenvalue weighted by Gasteiger charge is 2.12. The van der Waals surface area contributed by atoms with Crippen LogP contribution in [0.15, 0.2) is 18.2 Å². The summed E-state index contributed by atoms with van der Waals surface area (Å²) in [6.45, 7) is 3.05. The number of nitrogens with one attached hydrogen (secondary N) is 2. The van der Waals surface area contributed by atoms with Crippen molar-refractivity contribution in [3.05, 3.63) is 24.0 Å². The fourth-order valence-electron chi connectivity index (χ4n) is 2.14. The summed E-state index contributed by atoms with van der Waals surface area (Å²) in [4.78, 5) is 0. The maximum absolute atomic E-state index is 13.4. The Balaban J connectivity index is 1.87. The van der Waals surface area contributed by atoms with Gasteiger partial charge in [0.05, 0.1) is 7.11 Å². The summed E-state index contributed by atoms with van der Waals surface area (Å²) < 4.78 is 18.3. The lowest BCUT2D eigenvalue weighted by Crippen LogP contribution is -2.33. The fourth-order valence-corrected chi connectivity index (χ4v) is 2.14. The zero-order chi connectivity index (χ0) is 12.1. The molecule has 0 aromatic heterocycles. The molecule has 0 bridgehead atoms. The van der Waals surface area contributed by atoms with Crippen molar-refractivity contribution < 1.29 is 9.13 Å². The number of halogens is 1. The molecule has 0 radical (unpaired) electrons. The van der Waals surface area contributed by atoms with Gasteiger partial charge in [0.25, 0.3) is 0 Å². The van der Waals surface area contributed by atoms with Crippen LogP contribution in [0.25, 0.3) is 0 Å². The Labute approximate surface area is 101 Å². The van der Waals surface area contributed by atoms with Crippen molar-refractivity contribution in [1.29, 1.82) is 0 Å². The second-order valence-electron chi connectivity index (χ2n) is 4.44. The lowest BCUT2D eigenvalue weighted by atomic mass is 10.00. The monoisotopic (exact) mass is 238 g/mol. The van der Waals surface area contributed by atoms with Crippen molar-refractivity contribution in [2.45, 2.75) is 12.8 Å². The molecule has 1 unspecified atom stereocenters. The molecule has 1 aliphatic heterocycles. The van der Waals surface area contributed by atoms with Crippen LogP contribution in [0.5, 0.6) is 5.75 Å². The molecule has 1 atom stereocenters. The van der Waals surface area contributed by atoms with E-state index in [9.17, 15) is 4.39 Å². The van der Waals surface area contributed by atoms with Crippen LogP contribution in [0.1, 0.15) is 12.8 Å². The van der Waals surface area contributed by atoms with E-state index in [1.807, 2.05) is 6.07 Å². The average molecular weight is 238 g/mol. The highest BCUT2D eigenvalue weighted by Crippen LogP contribution is 2.21. The Morgan fingerprint density at radius 1 is 1.53 bits per heavy atom. The standard InChI is InChI=1S/C13H19FN2O/c1-17-13-5-4-11(7-12(13)14)16-9-10-3-2-6-15-8-10/h4-5,7,10,15-16H,2-3,6,8-9H2,1H3. The van der Waals surface area contributed by atoms with Gasteiger partial charge in [-0.1, -0.05) is 0 Å². The smallest absolute Gasteiger partial charge is 0.167 e. The number of hydrogen-bond donors (Lipinski definition) is 2. The highest BCUT2D eigenvalue weighted by atomic mass is 19.1. The van der Waals surface area contributed by atoms with Gasteiger partial charge in [0.1, 0.15) is 0 Å². The second-order valence-corrected chi connectivity index (χ2v) is 4.44. The third-order valence-corrected chi connectivity index (χ3v) is 3.15. The van der Waals surface area contributed by atoms with Crippen molar-refractivity contribution in [2.75, 3.05) is 32.1 Å². The summed E-state index contributed by atoms with van der Waals surface area (Å²) in [6, 6.07) is 4.98. The number of ether oxygens (including phenoxy) is 1. The SMILES string of the molecule is COc1ccc(NCC2CCCNC2)cc1F. The summed E-state index contributed by atoms with van der Waals surface area (Å²) in [5.41, 5.74) is 0.814. The molecule has 4 heteroatoms. The van der Waals surface area contributed by atoms with Gasteiger partial charge in [-0.2, -0.15) is 0 Å². The van der Waals surface area contributed by atoms with Gasteiger partial charge in [-0.05, 0) is 44.0 Å². The third kappa shape index (κ3) is 3.33. The maximum Gasteiger partial charge on any atom is 0.167 e. The maximum atomic E-state index is 13.4. The van der Waals surface area contributed by atoms with E-state index in [2.05, 4.69) is 10.6 Å². The van der Waals surface area contributed by atoms with Crippen molar-refractivity contribution >= 4 is 5.69 Å². The molecular formula is C13H19FN2O. The molecule has 17 heavy (non-hydrogen) atoms. The van der Waals surface area contributed by atoms with Crippen LogP contribution >= 0.6 is 0 Å². The Bertz CT molecular complexity index is 364. The van der Waals surface area contributed by atoms with E-state index < -0.39 is 0 Å². The number of piperidine rings is 1. The van der Waals surface area contributed by atoms with Crippen molar-refractivity contribution in [2.24, 2.45) is 5.92 Å². The number of methoxy groups -OCH3 is 1. The second kappa shape index (κ2) is 5.87. The van der Waals surface area contributed by atoms with Gasteiger partial charge < -0.3 is 15.4 Å². The zero-order valence-electron chi connectivity index (χ0n) is 10.1. The Hall–Kier alpha value is -1.29. The topological polar surface area (TPSA) is 33.3 Å². The van der Waals surface area contributed by atoms with Crippen LogP contribution in [0.2, 0.25) is 0 Å². The predicted molar refractivity (Wildman–Crippen MR) is 67.0 cm³/mol. The zero-order valence-corrected chi connectivity index (χ0v) is 10.1. The van der Waals surface area contributed by atoms with E-state index in [0.717, 1.165) is 25.3 Å². The normalized spacial score (nSPS) is 20.0. The fraction of sp³-hybridized carbons (Fsp3) is 0.538. The Morgan fingerprint density at radius 2 is 2.41 bits per heavy atom. The number of hydrogen-bond acceptors (Lipinski definition) is 3. The van der Waals surface area contributed by atoms with E-state index in [1.165, 1.54) is 26.0 Å². The van der Waals surface area contributed by atoms with Crippen molar-refractivity contribution in [3.8, 4) is 5.75 Å². The molecule has 3 nitrogen and oxygen atoms in total. The van der Waals surface area contributed by atoms with Gasteiger partial charge in [0.2, 0.25) is 0 Å². The predicted octanol–water partition coefficient (Wildman–Crippen LogP) is 2.25.